The Balaban J connectivity index is 1.83. The minimum Gasteiger partial charge on any atom is -0.355 e. The van der Waals surface area contributed by atoms with Gasteiger partial charge in [-0.15, -0.1) is 0 Å². The number of hydrogen-bond acceptors (Lipinski definition) is 2. The lowest BCUT2D eigenvalue weighted by molar-refractivity contribution is -0.122. The summed E-state index contributed by atoms with van der Waals surface area (Å²) in [6.07, 6.45) is 7.35. The zero-order chi connectivity index (χ0) is 12.4. The number of amides is 1. The van der Waals surface area contributed by atoms with Crippen molar-refractivity contribution < 1.29 is 4.79 Å². The molecule has 1 fully saturated rings. The van der Waals surface area contributed by atoms with E-state index in [9.17, 15) is 4.79 Å². The van der Waals surface area contributed by atoms with Gasteiger partial charge in [0.1, 0.15) is 0 Å². The van der Waals surface area contributed by atoms with Crippen LogP contribution in [0.3, 0.4) is 0 Å². The minimum atomic E-state index is -0.0898. The Morgan fingerprint density at radius 3 is 2.65 bits per heavy atom. The first-order valence-corrected chi connectivity index (χ1v) is 6.84. The molecule has 0 aromatic heterocycles. The van der Waals surface area contributed by atoms with Crippen LogP contribution in [-0.4, -0.2) is 24.5 Å². The second-order valence-electron chi connectivity index (χ2n) is 5.52. The molecule has 0 heterocycles. The summed E-state index contributed by atoms with van der Waals surface area (Å²) >= 11 is 0. The van der Waals surface area contributed by atoms with Crippen molar-refractivity contribution in [2.75, 3.05) is 6.54 Å². The van der Waals surface area contributed by atoms with Crippen LogP contribution < -0.4 is 10.6 Å². The Bertz CT molecular complexity index is 313. The Morgan fingerprint density at radius 2 is 2.12 bits per heavy atom. The molecule has 3 heteroatoms. The second kappa shape index (κ2) is 5.21. The first-order valence-electron chi connectivity index (χ1n) is 6.84. The number of carbonyl (C=O) groups excluding carboxylic acids is 1. The van der Waals surface area contributed by atoms with E-state index in [4.69, 9.17) is 0 Å². The standard InChI is InChI=1S/C14H24N2O/c1-4-15-14(17)10(3)16-9(2)13-8-11-5-6-12(13)7-11/h5-6,9-13,16H,4,7-8H2,1-3H3,(H,15,17). The average molecular weight is 236 g/mol. The molecule has 2 bridgehead atoms. The summed E-state index contributed by atoms with van der Waals surface area (Å²) in [5, 5.41) is 6.31. The van der Waals surface area contributed by atoms with Crippen LogP contribution in [0.15, 0.2) is 12.2 Å². The molecule has 5 unspecified atom stereocenters. The lowest BCUT2D eigenvalue weighted by Gasteiger charge is -2.28. The molecule has 1 amide bonds. The molecule has 96 valence electrons. The average Bonchev–Trinajstić information content (AvgIpc) is 2.90. The fraction of sp³-hybridized carbons (Fsp3) is 0.786. The molecule has 0 aliphatic heterocycles. The first kappa shape index (κ1) is 12.6. The van der Waals surface area contributed by atoms with Gasteiger partial charge in [-0.25, -0.2) is 0 Å². The summed E-state index contributed by atoms with van der Waals surface area (Å²) in [6.45, 7) is 6.82. The van der Waals surface area contributed by atoms with Crippen molar-refractivity contribution >= 4 is 5.91 Å². The summed E-state index contributed by atoms with van der Waals surface area (Å²) in [6, 6.07) is 0.334. The van der Waals surface area contributed by atoms with Gasteiger partial charge in [-0.2, -0.15) is 0 Å². The van der Waals surface area contributed by atoms with E-state index in [0.717, 1.165) is 11.8 Å². The molecule has 17 heavy (non-hydrogen) atoms. The van der Waals surface area contributed by atoms with Gasteiger partial charge in [0.25, 0.3) is 0 Å². The highest BCUT2D eigenvalue weighted by molar-refractivity contribution is 5.81. The third kappa shape index (κ3) is 2.71. The molecule has 2 rings (SSSR count). The van der Waals surface area contributed by atoms with Crippen LogP contribution in [-0.2, 0) is 4.79 Å². The predicted molar refractivity (Wildman–Crippen MR) is 69.6 cm³/mol. The molecule has 0 spiro atoms. The summed E-state index contributed by atoms with van der Waals surface area (Å²) < 4.78 is 0. The van der Waals surface area contributed by atoms with Crippen molar-refractivity contribution in [2.45, 2.75) is 45.7 Å². The predicted octanol–water partition coefficient (Wildman–Crippen LogP) is 1.70. The zero-order valence-corrected chi connectivity index (χ0v) is 11.1. The SMILES string of the molecule is CCNC(=O)C(C)NC(C)C1CC2C=CC1C2. The van der Waals surface area contributed by atoms with Crippen LogP contribution in [0, 0.1) is 17.8 Å². The maximum atomic E-state index is 11.7. The number of likely N-dealkylation sites (N-methyl/N-ethyl adjacent to an activating group) is 1. The first-order chi connectivity index (χ1) is 8.11. The van der Waals surface area contributed by atoms with E-state index in [2.05, 4.69) is 29.7 Å². The fourth-order valence-corrected chi connectivity index (χ4v) is 3.32. The topological polar surface area (TPSA) is 41.1 Å². The number of hydrogen-bond donors (Lipinski definition) is 2. The summed E-state index contributed by atoms with van der Waals surface area (Å²) in [4.78, 5) is 11.7. The normalized spacial score (nSPS) is 33.7. The third-order valence-electron chi connectivity index (χ3n) is 4.23. The van der Waals surface area contributed by atoms with Crippen LogP contribution in [0.1, 0.15) is 33.6 Å². The monoisotopic (exact) mass is 236 g/mol. The van der Waals surface area contributed by atoms with Gasteiger partial charge in [-0.1, -0.05) is 12.2 Å². The van der Waals surface area contributed by atoms with Crippen LogP contribution in [0.25, 0.3) is 0 Å². The van der Waals surface area contributed by atoms with Crippen molar-refractivity contribution in [3.63, 3.8) is 0 Å². The van der Waals surface area contributed by atoms with Gasteiger partial charge < -0.3 is 10.6 Å². The number of allylic oxidation sites excluding steroid dienone is 2. The highest BCUT2D eigenvalue weighted by atomic mass is 16.2. The van der Waals surface area contributed by atoms with Gasteiger partial charge in [-0.3, -0.25) is 4.79 Å². The van der Waals surface area contributed by atoms with Crippen LogP contribution in [0.5, 0.6) is 0 Å². The highest BCUT2D eigenvalue weighted by Gasteiger charge is 2.38. The van der Waals surface area contributed by atoms with Gasteiger partial charge in [0, 0.05) is 12.6 Å². The summed E-state index contributed by atoms with van der Waals surface area (Å²) in [5.41, 5.74) is 0. The smallest absolute Gasteiger partial charge is 0.236 e. The highest BCUT2D eigenvalue weighted by Crippen LogP contribution is 2.44. The molecule has 0 saturated heterocycles. The zero-order valence-electron chi connectivity index (χ0n) is 11.1. The van der Waals surface area contributed by atoms with Gasteiger partial charge in [0.05, 0.1) is 6.04 Å². The molecular formula is C14H24N2O. The van der Waals surface area contributed by atoms with Crippen LogP contribution in [0.4, 0.5) is 0 Å². The van der Waals surface area contributed by atoms with Crippen molar-refractivity contribution in [1.29, 1.82) is 0 Å². The number of carbonyl (C=O) groups is 1. The second-order valence-corrected chi connectivity index (χ2v) is 5.52. The Morgan fingerprint density at radius 1 is 1.35 bits per heavy atom. The Hall–Kier alpha value is -0.830. The summed E-state index contributed by atoms with van der Waals surface area (Å²) in [7, 11) is 0. The lowest BCUT2D eigenvalue weighted by atomic mass is 9.87. The minimum absolute atomic E-state index is 0.0898. The van der Waals surface area contributed by atoms with Crippen molar-refractivity contribution in [3.8, 4) is 0 Å². The number of nitrogens with one attached hydrogen (secondary N) is 2. The number of rotatable bonds is 5. The molecular weight excluding hydrogens is 212 g/mol. The summed E-state index contributed by atoms with van der Waals surface area (Å²) in [5.74, 6) is 2.36. The van der Waals surface area contributed by atoms with E-state index in [0.29, 0.717) is 18.5 Å². The van der Waals surface area contributed by atoms with Gasteiger partial charge in [0.2, 0.25) is 5.91 Å². The third-order valence-corrected chi connectivity index (χ3v) is 4.23. The molecule has 0 aromatic rings. The number of fused-ring (bicyclic) bond motifs is 2. The Kier molecular flexibility index (Phi) is 3.87. The Labute approximate surface area is 104 Å². The molecule has 0 radical (unpaired) electrons. The van der Waals surface area contributed by atoms with Crippen LogP contribution >= 0.6 is 0 Å². The maximum Gasteiger partial charge on any atom is 0.236 e. The van der Waals surface area contributed by atoms with Crippen molar-refractivity contribution in [1.82, 2.24) is 10.6 Å². The van der Waals surface area contributed by atoms with Gasteiger partial charge in [-0.05, 0) is 51.4 Å². The fourth-order valence-electron chi connectivity index (χ4n) is 3.32. The molecule has 5 atom stereocenters. The van der Waals surface area contributed by atoms with Crippen LogP contribution in [0.2, 0.25) is 0 Å². The quantitative estimate of drug-likeness (QED) is 0.713. The van der Waals surface area contributed by atoms with E-state index >= 15 is 0 Å². The van der Waals surface area contributed by atoms with Crippen molar-refractivity contribution in [3.05, 3.63) is 12.2 Å². The molecule has 2 aliphatic carbocycles. The molecule has 2 aliphatic rings. The van der Waals surface area contributed by atoms with Crippen molar-refractivity contribution in [2.24, 2.45) is 17.8 Å². The molecule has 2 N–H and O–H groups in total. The van der Waals surface area contributed by atoms with Gasteiger partial charge in [0.15, 0.2) is 0 Å². The van der Waals surface area contributed by atoms with E-state index < -0.39 is 0 Å². The van der Waals surface area contributed by atoms with E-state index in [1.54, 1.807) is 0 Å². The van der Waals surface area contributed by atoms with E-state index in [-0.39, 0.29) is 11.9 Å². The van der Waals surface area contributed by atoms with E-state index in [1.165, 1.54) is 12.8 Å². The molecule has 0 aromatic carbocycles. The maximum absolute atomic E-state index is 11.7. The molecule has 1 saturated carbocycles. The largest absolute Gasteiger partial charge is 0.355 e. The molecule has 3 nitrogen and oxygen atoms in total. The van der Waals surface area contributed by atoms with Gasteiger partial charge >= 0.3 is 0 Å². The lowest BCUT2D eigenvalue weighted by Crippen LogP contribution is -2.48. The van der Waals surface area contributed by atoms with E-state index in [1.807, 2.05) is 13.8 Å².